The van der Waals surface area contributed by atoms with Crippen molar-refractivity contribution in [3.05, 3.63) is 21.3 Å². The second-order valence-electron chi connectivity index (χ2n) is 2.19. The lowest BCUT2D eigenvalue weighted by Gasteiger charge is -1.88. The minimum Gasteiger partial charge on any atom is -0.306 e. The predicted molar refractivity (Wildman–Crippen MR) is 54.8 cm³/mol. The first-order valence-corrected chi connectivity index (χ1v) is 5.03. The van der Waals surface area contributed by atoms with E-state index in [4.69, 9.17) is 11.6 Å². The van der Waals surface area contributed by atoms with Crippen LogP contribution < -0.4 is 5.32 Å². The van der Waals surface area contributed by atoms with Crippen molar-refractivity contribution in [1.29, 1.82) is 0 Å². The Kier molecular flexibility index (Phi) is 4.16. The van der Waals surface area contributed by atoms with Crippen molar-refractivity contribution in [3.8, 4) is 11.8 Å². The van der Waals surface area contributed by atoms with Crippen LogP contribution in [0.2, 0.25) is 4.34 Å². The normalized spacial score (nSPS) is 9.17. The molecule has 0 bridgehead atoms. The van der Waals surface area contributed by atoms with E-state index in [-0.39, 0.29) is 0 Å². The van der Waals surface area contributed by atoms with Crippen LogP contribution in [0, 0.1) is 11.8 Å². The summed E-state index contributed by atoms with van der Waals surface area (Å²) in [5.41, 5.74) is 0.930. The number of hydrogen-bond acceptors (Lipinski definition) is 2. The summed E-state index contributed by atoms with van der Waals surface area (Å²) >= 11 is 7.36. The van der Waals surface area contributed by atoms with Gasteiger partial charge in [-0.25, -0.2) is 0 Å². The highest BCUT2D eigenvalue weighted by Crippen LogP contribution is 2.21. The molecule has 0 fully saturated rings. The molecule has 1 heterocycles. The minimum absolute atomic E-state index is 0.725. The van der Waals surface area contributed by atoms with Crippen molar-refractivity contribution < 1.29 is 0 Å². The molecule has 0 saturated heterocycles. The summed E-state index contributed by atoms with van der Waals surface area (Å²) in [4.78, 5) is 0. The molecule has 1 aromatic rings. The minimum atomic E-state index is 0.725. The zero-order chi connectivity index (χ0) is 8.81. The lowest BCUT2D eigenvalue weighted by atomic mass is 10.3. The Hall–Kier alpha value is -0.490. The lowest BCUT2D eigenvalue weighted by molar-refractivity contribution is 0.811. The fraction of sp³-hybridized carbons (Fsp3) is 0.333. The first kappa shape index (κ1) is 9.60. The largest absolute Gasteiger partial charge is 0.306 e. The van der Waals surface area contributed by atoms with Crippen molar-refractivity contribution in [1.82, 2.24) is 5.32 Å². The standard InChI is InChI=1S/C9H10ClNS/c1-2-11-6-3-4-8-5-7-12-9(8)10/h5,7,11H,2,6H2,1H3. The van der Waals surface area contributed by atoms with Gasteiger partial charge in [0, 0.05) is 0 Å². The van der Waals surface area contributed by atoms with Gasteiger partial charge in [0.25, 0.3) is 0 Å². The van der Waals surface area contributed by atoms with Crippen LogP contribution in [0.25, 0.3) is 0 Å². The number of thiophene rings is 1. The smallest absolute Gasteiger partial charge is 0.108 e. The van der Waals surface area contributed by atoms with E-state index in [1.807, 2.05) is 11.4 Å². The Morgan fingerprint density at radius 2 is 2.50 bits per heavy atom. The average Bonchev–Trinajstić information content (AvgIpc) is 2.46. The van der Waals surface area contributed by atoms with Crippen molar-refractivity contribution in [2.45, 2.75) is 6.92 Å². The molecule has 1 nitrogen and oxygen atoms in total. The maximum Gasteiger partial charge on any atom is 0.108 e. The Bertz CT molecular complexity index is 295. The molecule has 0 aliphatic carbocycles. The highest BCUT2D eigenvalue weighted by molar-refractivity contribution is 7.14. The van der Waals surface area contributed by atoms with Gasteiger partial charge in [0.15, 0.2) is 0 Å². The van der Waals surface area contributed by atoms with Gasteiger partial charge in [-0.3, -0.25) is 0 Å². The van der Waals surface area contributed by atoms with Gasteiger partial charge in [0.05, 0.1) is 12.1 Å². The first-order chi connectivity index (χ1) is 5.84. The predicted octanol–water partition coefficient (Wildman–Crippen LogP) is 2.36. The van der Waals surface area contributed by atoms with Gasteiger partial charge in [-0.05, 0) is 18.0 Å². The molecule has 0 aliphatic rings. The quantitative estimate of drug-likeness (QED) is 0.570. The van der Waals surface area contributed by atoms with Gasteiger partial charge in [0.2, 0.25) is 0 Å². The van der Waals surface area contributed by atoms with Crippen molar-refractivity contribution in [2.24, 2.45) is 0 Å². The van der Waals surface area contributed by atoms with E-state index in [0.29, 0.717) is 0 Å². The Morgan fingerprint density at radius 3 is 3.08 bits per heavy atom. The first-order valence-electron chi connectivity index (χ1n) is 3.77. The van der Waals surface area contributed by atoms with Crippen LogP contribution in [0.4, 0.5) is 0 Å². The van der Waals surface area contributed by atoms with Crippen LogP contribution in [0.1, 0.15) is 12.5 Å². The molecule has 0 saturated carbocycles. The van der Waals surface area contributed by atoms with Crippen molar-refractivity contribution >= 4 is 22.9 Å². The summed E-state index contributed by atoms with van der Waals surface area (Å²) in [7, 11) is 0. The van der Waals surface area contributed by atoms with E-state index in [2.05, 4.69) is 24.1 Å². The number of nitrogens with one attached hydrogen (secondary N) is 1. The Morgan fingerprint density at radius 1 is 1.67 bits per heavy atom. The second kappa shape index (κ2) is 5.21. The molecule has 1 rings (SSSR count). The van der Waals surface area contributed by atoms with Crippen LogP contribution in [-0.2, 0) is 0 Å². The van der Waals surface area contributed by atoms with Crippen LogP contribution in [-0.4, -0.2) is 13.1 Å². The SMILES string of the molecule is CCNCC#Cc1ccsc1Cl. The molecule has 0 amide bonds. The number of halogens is 1. The molecule has 64 valence electrons. The number of rotatable bonds is 2. The second-order valence-corrected chi connectivity index (χ2v) is 3.71. The Balaban J connectivity index is 2.49. The molecule has 1 N–H and O–H groups in total. The summed E-state index contributed by atoms with van der Waals surface area (Å²) in [5, 5.41) is 5.06. The third-order valence-electron chi connectivity index (χ3n) is 1.30. The van der Waals surface area contributed by atoms with E-state index >= 15 is 0 Å². The van der Waals surface area contributed by atoms with Gasteiger partial charge in [0.1, 0.15) is 4.34 Å². The van der Waals surface area contributed by atoms with Gasteiger partial charge in [-0.15, -0.1) is 11.3 Å². The number of hydrogen-bond donors (Lipinski definition) is 1. The van der Waals surface area contributed by atoms with E-state index in [1.54, 1.807) is 0 Å². The molecule has 0 aromatic carbocycles. The maximum atomic E-state index is 5.85. The zero-order valence-corrected chi connectivity index (χ0v) is 8.43. The highest BCUT2D eigenvalue weighted by Gasteiger charge is 1.94. The summed E-state index contributed by atoms with van der Waals surface area (Å²) in [6.07, 6.45) is 0. The monoisotopic (exact) mass is 199 g/mol. The summed E-state index contributed by atoms with van der Waals surface area (Å²) in [6.45, 7) is 3.73. The van der Waals surface area contributed by atoms with Crippen LogP contribution in [0.15, 0.2) is 11.4 Å². The van der Waals surface area contributed by atoms with Crippen LogP contribution in [0.3, 0.4) is 0 Å². The van der Waals surface area contributed by atoms with E-state index in [0.717, 1.165) is 23.0 Å². The van der Waals surface area contributed by atoms with Gasteiger partial charge in [-0.1, -0.05) is 30.4 Å². The molecule has 3 heteroatoms. The Labute approximate surface area is 81.7 Å². The van der Waals surface area contributed by atoms with Crippen molar-refractivity contribution in [2.75, 3.05) is 13.1 Å². The van der Waals surface area contributed by atoms with Crippen LogP contribution in [0.5, 0.6) is 0 Å². The summed E-state index contributed by atoms with van der Waals surface area (Å²) in [5.74, 6) is 5.98. The lowest BCUT2D eigenvalue weighted by Crippen LogP contribution is -2.11. The van der Waals surface area contributed by atoms with E-state index < -0.39 is 0 Å². The summed E-state index contributed by atoms with van der Waals surface area (Å²) < 4.78 is 0.777. The molecule has 0 radical (unpaired) electrons. The molecule has 0 spiro atoms. The topological polar surface area (TPSA) is 12.0 Å². The molecule has 1 aromatic heterocycles. The molecule has 0 unspecified atom stereocenters. The third kappa shape index (κ3) is 2.86. The maximum absolute atomic E-state index is 5.85. The molecule has 12 heavy (non-hydrogen) atoms. The van der Waals surface area contributed by atoms with Crippen LogP contribution >= 0.6 is 22.9 Å². The van der Waals surface area contributed by atoms with Gasteiger partial charge < -0.3 is 5.32 Å². The third-order valence-corrected chi connectivity index (χ3v) is 2.47. The summed E-state index contributed by atoms with van der Waals surface area (Å²) in [6, 6.07) is 1.94. The molecule has 0 atom stereocenters. The van der Waals surface area contributed by atoms with Gasteiger partial charge in [-0.2, -0.15) is 0 Å². The van der Waals surface area contributed by atoms with E-state index in [1.165, 1.54) is 11.3 Å². The van der Waals surface area contributed by atoms with E-state index in [9.17, 15) is 0 Å². The zero-order valence-electron chi connectivity index (χ0n) is 6.86. The average molecular weight is 200 g/mol. The van der Waals surface area contributed by atoms with Crippen molar-refractivity contribution in [3.63, 3.8) is 0 Å². The fourth-order valence-corrected chi connectivity index (χ4v) is 1.54. The molecular formula is C9H10ClNS. The van der Waals surface area contributed by atoms with Gasteiger partial charge >= 0.3 is 0 Å². The highest BCUT2D eigenvalue weighted by atomic mass is 35.5. The molecular weight excluding hydrogens is 190 g/mol. The molecule has 0 aliphatic heterocycles. The fourth-order valence-electron chi connectivity index (χ4n) is 0.709.